The fourth-order valence-corrected chi connectivity index (χ4v) is 3.58. The monoisotopic (exact) mass is 430 g/mol. The summed E-state index contributed by atoms with van der Waals surface area (Å²) in [6.07, 6.45) is 0. The maximum atomic E-state index is 12.5. The third-order valence-corrected chi connectivity index (χ3v) is 5.24. The highest BCUT2D eigenvalue weighted by Gasteiger charge is 2.13. The number of carbonyl (C=O) groups is 1. The molecule has 1 aromatic heterocycles. The van der Waals surface area contributed by atoms with Crippen LogP contribution in [0.4, 0.5) is 10.5 Å². The number of aromatic nitrogens is 2. The number of aryl methyl sites for hydroxylation is 1. The van der Waals surface area contributed by atoms with Crippen molar-refractivity contribution in [2.24, 2.45) is 0 Å². The SMILES string of the molecule is COc1ccc(OC)c(NC(=O)NCCn2c(-c3ccc(C)cc3)nc3ccccc32)c1. The first-order valence-electron chi connectivity index (χ1n) is 10.4. The predicted molar refractivity (Wildman–Crippen MR) is 126 cm³/mol. The van der Waals surface area contributed by atoms with Gasteiger partial charge in [-0.1, -0.05) is 42.0 Å². The second-order valence-corrected chi connectivity index (χ2v) is 7.39. The number of para-hydroxylation sites is 2. The number of methoxy groups -OCH3 is 2. The lowest BCUT2D eigenvalue weighted by Crippen LogP contribution is -2.31. The fourth-order valence-electron chi connectivity index (χ4n) is 3.58. The van der Waals surface area contributed by atoms with Gasteiger partial charge in [-0.05, 0) is 31.2 Å². The fraction of sp³-hybridized carbons (Fsp3) is 0.200. The van der Waals surface area contributed by atoms with Gasteiger partial charge in [0.1, 0.15) is 17.3 Å². The molecule has 32 heavy (non-hydrogen) atoms. The molecule has 0 saturated heterocycles. The zero-order valence-electron chi connectivity index (χ0n) is 18.4. The maximum absolute atomic E-state index is 12.5. The molecular formula is C25H26N4O3. The molecule has 0 atom stereocenters. The number of carbonyl (C=O) groups excluding carboxylic acids is 1. The number of rotatable bonds is 7. The number of urea groups is 1. The van der Waals surface area contributed by atoms with Crippen molar-refractivity contribution in [3.63, 3.8) is 0 Å². The summed E-state index contributed by atoms with van der Waals surface area (Å²) in [6.45, 7) is 3.07. The molecule has 0 spiro atoms. The average molecular weight is 431 g/mol. The van der Waals surface area contributed by atoms with Crippen LogP contribution in [0.15, 0.2) is 66.7 Å². The van der Waals surface area contributed by atoms with E-state index in [1.165, 1.54) is 5.56 Å². The molecule has 0 unspecified atom stereocenters. The number of nitrogens with one attached hydrogen (secondary N) is 2. The topological polar surface area (TPSA) is 77.4 Å². The lowest BCUT2D eigenvalue weighted by Gasteiger charge is -2.14. The quantitative estimate of drug-likeness (QED) is 0.439. The lowest BCUT2D eigenvalue weighted by atomic mass is 10.1. The van der Waals surface area contributed by atoms with E-state index >= 15 is 0 Å². The number of amides is 2. The summed E-state index contributed by atoms with van der Waals surface area (Å²) >= 11 is 0. The van der Waals surface area contributed by atoms with Crippen LogP contribution in [0.25, 0.3) is 22.4 Å². The summed E-state index contributed by atoms with van der Waals surface area (Å²) in [5.74, 6) is 2.07. The van der Waals surface area contributed by atoms with Crippen molar-refractivity contribution in [3.05, 3.63) is 72.3 Å². The Labute approximate surface area is 187 Å². The zero-order chi connectivity index (χ0) is 22.5. The first-order valence-corrected chi connectivity index (χ1v) is 10.4. The normalized spacial score (nSPS) is 10.7. The van der Waals surface area contributed by atoms with Gasteiger partial charge in [0, 0.05) is 24.7 Å². The average Bonchev–Trinajstić information content (AvgIpc) is 3.18. The van der Waals surface area contributed by atoms with Crippen molar-refractivity contribution in [3.8, 4) is 22.9 Å². The van der Waals surface area contributed by atoms with Crippen LogP contribution in [-0.2, 0) is 6.54 Å². The minimum atomic E-state index is -0.321. The molecule has 0 fully saturated rings. The molecule has 0 aliphatic rings. The van der Waals surface area contributed by atoms with Crippen LogP contribution in [-0.4, -0.2) is 36.3 Å². The van der Waals surface area contributed by atoms with Crippen molar-refractivity contribution < 1.29 is 14.3 Å². The number of nitrogens with zero attached hydrogens (tertiary/aromatic N) is 2. The summed E-state index contributed by atoms with van der Waals surface area (Å²) in [6, 6.07) is 21.2. The van der Waals surface area contributed by atoms with E-state index in [1.54, 1.807) is 32.4 Å². The van der Waals surface area contributed by atoms with Gasteiger partial charge in [-0.3, -0.25) is 0 Å². The number of hydrogen-bond donors (Lipinski definition) is 2. The van der Waals surface area contributed by atoms with E-state index in [0.29, 0.717) is 30.3 Å². The van der Waals surface area contributed by atoms with Crippen molar-refractivity contribution in [2.75, 3.05) is 26.1 Å². The number of fused-ring (bicyclic) bond motifs is 1. The van der Waals surface area contributed by atoms with Crippen LogP contribution in [0, 0.1) is 6.92 Å². The Morgan fingerprint density at radius 3 is 2.53 bits per heavy atom. The van der Waals surface area contributed by atoms with Crippen LogP contribution >= 0.6 is 0 Å². The first-order chi connectivity index (χ1) is 15.6. The summed E-state index contributed by atoms with van der Waals surface area (Å²) in [5.41, 5.74) is 4.73. The van der Waals surface area contributed by atoms with Gasteiger partial charge < -0.3 is 24.7 Å². The molecule has 2 amide bonds. The smallest absolute Gasteiger partial charge is 0.319 e. The minimum Gasteiger partial charge on any atom is -0.497 e. The van der Waals surface area contributed by atoms with Gasteiger partial charge in [-0.25, -0.2) is 9.78 Å². The third kappa shape index (κ3) is 4.51. The van der Waals surface area contributed by atoms with Gasteiger partial charge >= 0.3 is 6.03 Å². The van der Waals surface area contributed by atoms with Crippen molar-refractivity contribution in [1.82, 2.24) is 14.9 Å². The standard InChI is InChI=1S/C25H26N4O3/c1-17-8-10-18(11-9-17)24-27-20-6-4-5-7-22(20)29(24)15-14-26-25(30)28-21-16-19(31-2)12-13-23(21)32-3/h4-13,16H,14-15H2,1-3H3,(H2,26,28,30). The van der Waals surface area contributed by atoms with Crippen LogP contribution in [0.2, 0.25) is 0 Å². The van der Waals surface area contributed by atoms with Crippen LogP contribution in [0.5, 0.6) is 11.5 Å². The van der Waals surface area contributed by atoms with Crippen molar-refractivity contribution in [2.45, 2.75) is 13.5 Å². The number of benzene rings is 3. The van der Waals surface area contributed by atoms with Gasteiger partial charge in [-0.15, -0.1) is 0 Å². The highest BCUT2D eigenvalue weighted by molar-refractivity contribution is 5.91. The molecule has 164 valence electrons. The second-order valence-electron chi connectivity index (χ2n) is 7.39. The van der Waals surface area contributed by atoms with Gasteiger partial charge in [0.05, 0.1) is 30.9 Å². The molecule has 0 aliphatic heterocycles. The largest absolute Gasteiger partial charge is 0.497 e. The number of ether oxygens (including phenoxy) is 2. The molecule has 0 bridgehead atoms. The lowest BCUT2D eigenvalue weighted by molar-refractivity contribution is 0.251. The van der Waals surface area contributed by atoms with Crippen molar-refractivity contribution >= 4 is 22.8 Å². The molecule has 0 radical (unpaired) electrons. The second kappa shape index (κ2) is 9.43. The maximum Gasteiger partial charge on any atom is 0.319 e. The molecule has 4 rings (SSSR count). The Morgan fingerprint density at radius 2 is 1.78 bits per heavy atom. The molecule has 1 heterocycles. The highest BCUT2D eigenvalue weighted by atomic mass is 16.5. The Kier molecular flexibility index (Phi) is 6.26. The van der Waals surface area contributed by atoms with E-state index in [-0.39, 0.29) is 6.03 Å². The minimum absolute atomic E-state index is 0.321. The van der Waals surface area contributed by atoms with E-state index in [9.17, 15) is 4.79 Å². The molecule has 7 nitrogen and oxygen atoms in total. The molecule has 4 aromatic rings. The van der Waals surface area contributed by atoms with Gasteiger partial charge in [0.25, 0.3) is 0 Å². The van der Waals surface area contributed by atoms with Crippen LogP contribution < -0.4 is 20.1 Å². The zero-order valence-corrected chi connectivity index (χ0v) is 18.4. The number of imidazole rings is 1. The van der Waals surface area contributed by atoms with Crippen molar-refractivity contribution in [1.29, 1.82) is 0 Å². The van der Waals surface area contributed by atoms with Gasteiger partial charge in [-0.2, -0.15) is 0 Å². The highest BCUT2D eigenvalue weighted by Crippen LogP contribution is 2.29. The summed E-state index contributed by atoms with van der Waals surface area (Å²) < 4.78 is 12.7. The predicted octanol–water partition coefficient (Wildman–Crippen LogP) is 4.85. The number of anilines is 1. The van der Waals surface area contributed by atoms with E-state index in [4.69, 9.17) is 14.5 Å². The number of hydrogen-bond acceptors (Lipinski definition) is 4. The molecule has 0 aliphatic carbocycles. The summed E-state index contributed by atoms with van der Waals surface area (Å²) in [7, 11) is 3.13. The summed E-state index contributed by atoms with van der Waals surface area (Å²) in [4.78, 5) is 17.3. The van der Waals surface area contributed by atoms with Gasteiger partial charge in [0.2, 0.25) is 0 Å². The Balaban J connectivity index is 1.49. The van der Waals surface area contributed by atoms with E-state index in [1.807, 2.05) is 24.3 Å². The molecule has 7 heteroatoms. The molecule has 0 saturated carbocycles. The van der Waals surface area contributed by atoms with Crippen LogP contribution in [0.1, 0.15) is 5.56 Å². The third-order valence-electron chi connectivity index (χ3n) is 5.24. The molecule has 2 N–H and O–H groups in total. The van der Waals surface area contributed by atoms with Gasteiger partial charge in [0.15, 0.2) is 0 Å². The van der Waals surface area contributed by atoms with E-state index < -0.39 is 0 Å². The molecule has 3 aromatic carbocycles. The summed E-state index contributed by atoms with van der Waals surface area (Å²) in [5, 5.41) is 5.74. The molecular weight excluding hydrogens is 404 g/mol. The Hall–Kier alpha value is -4.00. The van der Waals surface area contributed by atoms with Crippen LogP contribution in [0.3, 0.4) is 0 Å². The Bertz CT molecular complexity index is 1230. The Morgan fingerprint density at radius 1 is 1.00 bits per heavy atom. The first kappa shape index (κ1) is 21.2. The van der Waals surface area contributed by atoms with E-state index in [2.05, 4.69) is 46.4 Å². The van der Waals surface area contributed by atoms with E-state index in [0.717, 1.165) is 22.4 Å².